The first-order chi connectivity index (χ1) is 5.24. The van der Waals surface area contributed by atoms with Crippen molar-refractivity contribution in [2.45, 2.75) is 31.4 Å². The van der Waals surface area contributed by atoms with E-state index in [1.54, 1.807) is 0 Å². The van der Waals surface area contributed by atoms with Crippen LogP contribution in [0.4, 0.5) is 30.7 Å². The van der Waals surface area contributed by atoms with E-state index in [-0.39, 0.29) is 0 Å². The van der Waals surface area contributed by atoms with E-state index < -0.39 is 31.4 Å². The van der Waals surface area contributed by atoms with Gasteiger partial charge in [0.1, 0.15) is 6.17 Å². The number of hydrogen-bond acceptors (Lipinski definition) is 0. The summed E-state index contributed by atoms with van der Waals surface area (Å²) in [6.45, 7) is 0. The minimum atomic E-state index is -4.96. The monoisotopic (exact) mass is 198 g/mol. The van der Waals surface area contributed by atoms with Gasteiger partial charge in [-0.3, -0.25) is 0 Å². The Balaban J connectivity index is 3.95. The average molecular weight is 198 g/mol. The maximum Gasteiger partial charge on any atom is 0.392 e. The summed E-state index contributed by atoms with van der Waals surface area (Å²) < 4.78 is 80.2. The lowest BCUT2D eigenvalue weighted by Gasteiger charge is -2.14. The molecule has 0 saturated heterocycles. The van der Waals surface area contributed by atoms with Crippen molar-refractivity contribution in [1.29, 1.82) is 0 Å². The van der Waals surface area contributed by atoms with Crippen molar-refractivity contribution in [3.05, 3.63) is 0 Å². The largest absolute Gasteiger partial charge is 0.392 e. The van der Waals surface area contributed by atoms with E-state index in [1.807, 2.05) is 0 Å². The molecule has 0 bridgehead atoms. The molecular weight excluding hydrogens is 193 g/mol. The first kappa shape index (κ1) is 11.5. The number of rotatable bonds is 3. The van der Waals surface area contributed by atoms with Crippen LogP contribution < -0.4 is 0 Å². The van der Waals surface area contributed by atoms with Gasteiger partial charge >= 0.3 is 6.18 Å². The second-order valence-electron chi connectivity index (χ2n) is 2.11. The van der Waals surface area contributed by atoms with Gasteiger partial charge in [0.15, 0.2) is 6.17 Å². The molecule has 7 heteroatoms. The fourth-order valence-corrected chi connectivity index (χ4v) is 0.492. The van der Waals surface area contributed by atoms with Gasteiger partial charge in [0.25, 0.3) is 6.43 Å². The van der Waals surface area contributed by atoms with Crippen molar-refractivity contribution in [3.63, 3.8) is 0 Å². The summed E-state index contributed by atoms with van der Waals surface area (Å²) in [6.07, 6.45) is -17.4. The Hall–Kier alpha value is -0.490. The molecule has 12 heavy (non-hydrogen) atoms. The van der Waals surface area contributed by atoms with Gasteiger partial charge < -0.3 is 0 Å². The highest BCUT2D eigenvalue weighted by molar-refractivity contribution is 4.73. The Morgan fingerprint density at radius 3 is 1.58 bits per heavy atom. The van der Waals surface area contributed by atoms with Crippen LogP contribution in [0.15, 0.2) is 0 Å². The quantitative estimate of drug-likeness (QED) is 0.611. The summed E-state index contributed by atoms with van der Waals surface area (Å²) in [5.74, 6) is 0. The third kappa shape index (κ3) is 4.40. The molecule has 0 nitrogen and oxygen atoms in total. The molecule has 2 unspecified atom stereocenters. The van der Waals surface area contributed by atoms with Crippen molar-refractivity contribution >= 4 is 0 Å². The molecular formula is C5H5F7. The molecule has 0 amide bonds. The van der Waals surface area contributed by atoms with E-state index in [9.17, 15) is 30.7 Å². The molecule has 0 spiro atoms. The molecule has 0 rings (SSSR count). The van der Waals surface area contributed by atoms with Crippen molar-refractivity contribution in [3.8, 4) is 0 Å². The Bertz CT molecular complexity index is 128. The third-order valence-corrected chi connectivity index (χ3v) is 1.01. The highest BCUT2D eigenvalue weighted by Gasteiger charge is 2.39. The molecule has 0 fully saturated rings. The summed E-state index contributed by atoms with van der Waals surface area (Å²) in [6, 6.07) is 0. The molecule has 0 aromatic heterocycles. The summed E-state index contributed by atoms with van der Waals surface area (Å²) in [5.41, 5.74) is 0. The lowest BCUT2D eigenvalue weighted by atomic mass is 10.2. The zero-order valence-electron chi connectivity index (χ0n) is 5.58. The molecule has 0 aromatic rings. The van der Waals surface area contributed by atoms with E-state index in [0.717, 1.165) is 0 Å². The van der Waals surface area contributed by atoms with Crippen LogP contribution in [0, 0.1) is 0 Å². The second-order valence-corrected chi connectivity index (χ2v) is 2.11. The molecule has 0 radical (unpaired) electrons. The van der Waals surface area contributed by atoms with Crippen molar-refractivity contribution < 1.29 is 30.7 Å². The molecule has 0 saturated carbocycles. The first-order valence-electron chi connectivity index (χ1n) is 2.87. The van der Waals surface area contributed by atoms with Crippen LogP contribution >= 0.6 is 0 Å². The van der Waals surface area contributed by atoms with E-state index >= 15 is 0 Å². The van der Waals surface area contributed by atoms with Gasteiger partial charge in [-0.05, 0) is 0 Å². The molecule has 74 valence electrons. The summed E-state index contributed by atoms with van der Waals surface area (Å²) >= 11 is 0. The zero-order valence-corrected chi connectivity index (χ0v) is 5.58. The summed E-state index contributed by atoms with van der Waals surface area (Å²) in [5, 5.41) is 0. The number of halogens is 7. The minimum absolute atomic E-state index is 2.18. The van der Waals surface area contributed by atoms with Crippen LogP contribution in [0.3, 0.4) is 0 Å². The minimum Gasteiger partial charge on any atom is -0.244 e. The fourth-order valence-electron chi connectivity index (χ4n) is 0.492. The fraction of sp³-hybridized carbons (Fsp3) is 1.00. The predicted molar refractivity (Wildman–Crippen MR) is 26.5 cm³/mol. The number of hydrogen-bond donors (Lipinski definition) is 0. The standard InChI is InChI=1S/C5H5F7/c6-2(1-5(10,11)12)3(7)4(8)9/h2-4H,1H2. The molecule has 0 aliphatic carbocycles. The third-order valence-electron chi connectivity index (χ3n) is 1.01. The van der Waals surface area contributed by atoms with Gasteiger partial charge in [0.2, 0.25) is 0 Å². The molecule has 0 heterocycles. The Morgan fingerprint density at radius 1 is 0.917 bits per heavy atom. The normalized spacial score (nSPS) is 18.0. The smallest absolute Gasteiger partial charge is 0.244 e. The molecule has 0 aliphatic rings. The van der Waals surface area contributed by atoms with Crippen LogP contribution in [-0.2, 0) is 0 Å². The van der Waals surface area contributed by atoms with Crippen molar-refractivity contribution in [2.24, 2.45) is 0 Å². The second kappa shape index (κ2) is 3.95. The van der Waals surface area contributed by atoms with E-state index in [1.165, 1.54) is 0 Å². The summed E-state index contributed by atoms with van der Waals surface area (Å²) in [4.78, 5) is 0. The van der Waals surface area contributed by atoms with Gasteiger partial charge in [0, 0.05) is 0 Å². The van der Waals surface area contributed by atoms with Crippen LogP contribution in [0.25, 0.3) is 0 Å². The van der Waals surface area contributed by atoms with E-state index in [4.69, 9.17) is 0 Å². The molecule has 0 aromatic carbocycles. The lowest BCUT2D eigenvalue weighted by molar-refractivity contribution is -0.156. The van der Waals surface area contributed by atoms with Crippen LogP contribution in [0.2, 0.25) is 0 Å². The van der Waals surface area contributed by atoms with Gasteiger partial charge in [-0.1, -0.05) is 0 Å². The predicted octanol–water partition coefficient (Wildman–Crippen LogP) is 2.88. The molecule has 2 atom stereocenters. The Morgan fingerprint density at radius 2 is 1.33 bits per heavy atom. The maximum atomic E-state index is 12.0. The van der Waals surface area contributed by atoms with Crippen LogP contribution in [0.5, 0.6) is 0 Å². The first-order valence-corrected chi connectivity index (χ1v) is 2.87. The SMILES string of the molecule is FC(F)C(F)C(F)CC(F)(F)F. The Labute approximate surface area is 63.4 Å². The van der Waals surface area contributed by atoms with Crippen LogP contribution in [0.1, 0.15) is 6.42 Å². The van der Waals surface area contributed by atoms with Crippen molar-refractivity contribution in [1.82, 2.24) is 0 Å². The highest BCUT2D eigenvalue weighted by Crippen LogP contribution is 2.27. The molecule has 0 N–H and O–H groups in total. The Kier molecular flexibility index (Phi) is 3.79. The van der Waals surface area contributed by atoms with Gasteiger partial charge in [-0.2, -0.15) is 13.2 Å². The van der Waals surface area contributed by atoms with E-state index in [2.05, 4.69) is 0 Å². The number of alkyl halides is 7. The molecule has 0 aliphatic heterocycles. The topological polar surface area (TPSA) is 0 Å². The van der Waals surface area contributed by atoms with E-state index in [0.29, 0.717) is 0 Å². The zero-order chi connectivity index (χ0) is 9.94. The van der Waals surface area contributed by atoms with Crippen molar-refractivity contribution in [2.75, 3.05) is 0 Å². The van der Waals surface area contributed by atoms with Gasteiger partial charge in [-0.15, -0.1) is 0 Å². The van der Waals surface area contributed by atoms with Gasteiger partial charge in [-0.25, -0.2) is 17.6 Å². The highest BCUT2D eigenvalue weighted by atomic mass is 19.4. The lowest BCUT2D eigenvalue weighted by Crippen LogP contribution is -2.29. The average Bonchev–Trinajstić information content (AvgIpc) is 1.82. The van der Waals surface area contributed by atoms with Gasteiger partial charge in [0.05, 0.1) is 6.42 Å². The van der Waals surface area contributed by atoms with Crippen LogP contribution in [-0.4, -0.2) is 24.9 Å². The maximum absolute atomic E-state index is 12.0. The summed E-state index contributed by atoms with van der Waals surface area (Å²) in [7, 11) is 0.